The van der Waals surface area contributed by atoms with Crippen molar-refractivity contribution in [2.45, 2.75) is 6.92 Å². The first-order valence-corrected chi connectivity index (χ1v) is 4.90. The van der Waals surface area contributed by atoms with Crippen LogP contribution in [0.2, 0.25) is 0 Å². The van der Waals surface area contributed by atoms with E-state index in [1.807, 2.05) is 6.07 Å². The number of hydrogen-bond acceptors (Lipinski definition) is 2. The average molecular weight is 218 g/mol. The van der Waals surface area contributed by atoms with E-state index in [0.717, 1.165) is 5.39 Å². The molecule has 0 bridgehead atoms. The number of carbonyl (C=O) groups is 1. The Bertz CT molecular complexity index is 561. The van der Waals surface area contributed by atoms with E-state index in [-0.39, 0.29) is 5.82 Å². The van der Waals surface area contributed by atoms with E-state index in [1.54, 1.807) is 25.1 Å². The molecule has 0 amide bonds. The molecule has 0 unspecified atom stereocenters. The zero-order chi connectivity index (χ0) is 11.7. The summed E-state index contributed by atoms with van der Waals surface area (Å²) in [7, 11) is 1.30. The highest BCUT2D eigenvalue weighted by Gasteiger charge is 2.09. The molecule has 0 radical (unpaired) electrons. The summed E-state index contributed by atoms with van der Waals surface area (Å²) in [5, 5.41) is 1.22. The van der Waals surface area contributed by atoms with Gasteiger partial charge in [-0.2, -0.15) is 0 Å². The number of ether oxygens (including phenoxy) is 1. The maximum absolute atomic E-state index is 13.8. The van der Waals surface area contributed by atoms with Crippen molar-refractivity contribution in [2.24, 2.45) is 0 Å². The Morgan fingerprint density at radius 1 is 1.25 bits per heavy atom. The molecular formula is C13H11FO2. The van der Waals surface area contributed by atoms with Crippen LogP contribution in [-0.2, 0) is 4.74 Å². The lowest BCUT2D eigenvalue weighted by Gasteiger charge is -2.04. The third-order valence-electron chi connectivity index (χ3n) is 2.57. The highest BCUT2D eigenvalue weighted by atomic mass is 19.1. The highest BCUT2D eigenvalue weighted by Crippen LogP contribution is 2.22. The number of rotatable bonds is 1. The van der Waals surface area contributed by atoms with Crippen molar-refractivity contribution in [1.29, 1.82) is 0 Å². The van der Waals surface area contributed by atoms with E-state index in [4.69, 9.17) is 0 Å². The van der Waals surface area contributed by atoms with Crippen molar-refractivity contribution in [3.63, 3.8) is 0 Å². The molecule has 0 saturated carbocycles. The minimum Gasteiger partial charge on any atom is -0.465 e. The summed E-state index contributed by atoms with van der Waals surface area (Å²) < 4.78 is 18.4. The van der Waals surface area contributed by atoms with Gasteiger partial charge in [0.05, 0.1) is 12.7 Å². The highest BCUT2D eigenvalue weighted by molar-refractivity contribution is 5.95. The van der Waals surface area contributed by atoms with Gasteiger partial charge >= 0.3 is 5.97 Å². The van der Waals surface area contributed by atoms with Gasteiger partial charge in [-0.1, -0.05) is 18.2 Å². The van der Waals surface area contributed by atoms with E-state index in [9.17, 15) is 9.18 Å². The third-order valence-corrected chi connectivity index (χ3v) is 2.57. The molecule has 0 atom stereocenters. The molecule has 0 N–H and O–H groups in total. The monoisotopic (exact) mass is 218 g/mol. The fraction of sp³-hybridized carbons (Fsp3) is 0.154. The first-order valence-electron chi connectivity index (χ1n) is 4.90. The van der Waals surface area contributed by atoms with E-state index in [2.05, 4.69) is 4.74 Å². The molecule has 0 heterocycles. The van der Waals surface area contributed by atoms with Crippen LogP contribution in [0.25, 0.3) is 10.8 Å². The van der Waals surface area contributed by atoms with Gasteiger partial charge in [0.2, 0.25) is 0 Å². The van der Waals surface area contributed by atoms with Gasteiger partial charge in [-0.3, -0.25) is 0 Å². The summed E-state index contributed by atoms with van der Waals surface area (Å²) in [6.45, 7) is 1.69. The smallest absolute Gasteiger partial charge is 0.337 e. The Balaban J connectivity index is 2.69. The largest absolute Gasteiger partial charge is 0.465 e. The fourth-order valence-corrected chi connectivity index (χ4v) is 1.64. The number of esters is 1. The van der Waals surface area contributed by atoms with Gasteiger partial charge in [0.25, 0.3) is 0 Å². The normalized spacial score (nSPS) is 10.4. The predicted molar refractivity (Wildman–Crippen MR) is 60.0 cm³/mol. The summed E-state index contributed by atoms with van der Waals surface area (Å²) in [6, 6.07) is 8.40. The summed E-state index contributed by atoms with van der Waals surface area (Å²) in [5.41, 5.74) is 0.925. The number of hydrogen-bond donors (Lipinski definition) is 0. The van der Waals surface area contributed by atoms with Gasteiger partial charge in [-0.15, -0.1) is 0 Å². The van der Waals surface area contributed by atoms with E-state index >= 15 is 0 Å². The first kappa shape index (κ1) is 10.6. The quantitative estimate of drug-likeness (QED) is 0.687. The molecule has 2 rings (SSSR count). The molecule has 2 nitrogen and oxygen atoms in total. The lowest BCUT2D eigenvalue weighted by molar-refractivity contribution is 0.0601. The Morgan fingerprint density at radius 3 is 2.62 bits per heavy atom. The Kier molecular flexibility index (Phi) is 2.60. The molecule has 0 aliphatic rings. The van der Waals surface area contributed by atoms with Crippen LogP contribution in [0.5, 0.6) is 0 Å². The first-order chi connectivity index (χ1) is 7.63. The molecule has 3 heteroatoms. The summed E-state index contributed by atoms with van der Waals surface area (Å²) in [6.07, 6.45) is 0. The predicted octanol–water partition coefficient (Wildman–Crippen LogP) is 3.07. The van der Waals surface area contributed by atoms with E-state index in [1.165, 1.54) is 13.2 Å². The maximum atomic E-state index is 13.8. The van der Waals surface area contributed by atoms with Crippen LogP contribution in [0.3, 0.4) is 0 Å². The lowest BCUT2D eigenvalue weighted by atomic mass is 10.0. The van der Waals surface area contributed by atoms with E-state index < -0.39 is 5.97 Å². The minimum absolute atomic E-state index is 0.289. The Morgan fingerprint density at radius 2 is 1.94 bits per heavy atom. The second kappa shape index (κ2) is 3.93. The van der Waals surface area contributed by atoms with Crippen LogP contribution < -0.4 is 0 Å². The van der Waals surface area contributed by atoms with Crippen LogP contribution >= 0.6 is 0 Å². The van der Waals surface area contributed by atoms with Crippen molar-refractivity contribution < 1.29 is 13.9 Å². The zero-order valence-electron chi connectivity index (χ0n) is 9.08. The van der Waals surface area contributed by atoms with Crippen LogP contribution in [0, 0.1) is 12.7 Å². The molecule has 0 spiro atoms. The number of benzene rings is 2. The molecular weight excluding hydrogens is 207 g/mol. The molecule has 0 aliphatic carbocycles. The Labute approximate surface area is 92.6 Å². The van der Waals surface area contributed by atoms with Crippen LogP contribution in [0.1, 0.15) is 15.9 Å². The molecule has 2 aromatic rings. The third kappa shape index (κ3) is 1.65. The minimum atomic E-state index is -0.456. The molecule has 82 valence electrons. The van der Waals surface area contributed by atoms with Crippen molar-refractivity contribution in [1.82, 2.24) is 0 Å². The molecule has 0 aromatic heterocycles. The van der Waals surface area contributed by atoms with Crippen molar-refractivity contribution in [3.8, 4) is 0 Å². The Hall–Kier alpha value is -1.90. The van der Waals surface area contributed by atoms with Crippen molar-refractivity contribution in [2.75, 3.05) is 7.11 Å². The second-order valence-electron chi connectivity index (χ2n) is 3.62. The molecule has 16 heavy (non-hydrogen) atoms. The van der Waals surface area contributed by atoms with E-state index in [0.29, 0.717) is 16.5 Å². The number of methoxy groups -OCH3 is 1. The fourth-order valence-electron chi connectivity index (χ4n) is 1.64. The average Bonchev–Trinajstić information content (AvgIpc) is 2.32. The van der Waals surface area contributed by atoms with Gasteiger partial charge in [0, 0.05) is 5.39 Å². The number of carbonyl (C=O) groups excluding carboxylic acids is 1. The topological polar surface area (TPSA) is 26.3 Å². The van der Waals surface area contributed by atoms with Crippen LogP contribution in [0.4, 0.5) is 4.39 Å². The van der Waals surface area contributed by atoms with Gasteiger partial charge in [-0.25, -0.2) is 9.18 Å². The van der Waals surface area contributed by atoms with Crippen molar-refractivity contribution >= 4 is 16.7 Å². The summed E-state index contributed by atoms with van der Waals surface area (Å²) in [5.74, 6) is -0.744. The van der Waals surface area contributed by atoms with Crippen LogP contribution in [0.15, 0.2) is 30.3 Å². The molecule has 0 fully saturated rings. The molecule has 0 aliphatic heterocycles. The number of halogens is 1. The lowest BCUT2D eigenvalue weighted by Crippen LogP contribution is -2.01. The molecule has 0 saturated heterocycles. The molecule has 2 aromatic carbocycles. The maximum Gasteiger partial charge on any atom is 0.337 e. The number of aryl methyl sites for hydroxylation is 1. The van der Waals surface area contributed by atoms with Crippen molar-refractivity contribution in [3.05, 3.63) is 47.3 Å². The number of fused-ring (bicyclic) bond motifs is 1. The van der Waals surface area contributed by atoms with Gasteiger partial charge < -0.3 is 4.74 Å². The summed E-state index contributed by atoms with van der Waals surface area (Å²) in [4.78, 5) is 11.3. The van der Waals surface area contributed by atoms with Gasteiger partial charge in [-0.05, 0) is 30.0 Å². The van der Waals surface area contributed by atoms with Crippen LogP contribution in [-0.4, -0.2) is 13.1 Å². The summed E-state index contributed by atoms with van der Waals surface area (Å²) >= 11 is 0. The zero-order valence-corrected chi connectivity index (χ0v) is 9.08. The standard InChI is InChI=1S/C13H11FO2/c1-8-3-4-9-5-6-10(13(15)16-2)7-11(9)12(8)14/h3-7H,1-2H3. The second-order valence-corrected chi connectivity index (χ2v) is 3.62. The van der Waals surface area contributed by atoms with Gasteiger partial charge in [0.15, 0.2) is 0 Å². The van der Waals surface area contributed by atoms with Gasteiger partial charge in [0.1, 0.15) is 5.82 Å². The SMILES string of the molecule is COC(=O)c1ccc2ccc(C)c(F)c2c1.